The van der Waals surface area contributed by atoms with Crippen molar-refractivity contribution in [1.82, 2.24) is 5.32 Å². The molecular formula is C10H15NO2S2. The van der Waals surface area contributed by atoms with E-state index in [9.17, 15) is 9.90 Å². The minimum absolute atomic E-state index is 0.127. The highest BCUT2D eigenvalue weighted by molar-refractivity contribution is 7.98. The molecule has 0 aliphatic rings. The highest BCUT2D eigenvalue weighted by atomic mass is 32.2. The lowest BCUT2D eigenvalue weighted by molar-refractivity contribution is 0.0725. The number of carbonyl (C=O) groups excluding carboxylic acids is 1. The van der Waals surface area contributed by atoms with Crippen molar-refractivity contribution in [2.75, 3.05) is 18.6 Å². The van der Waals surface area contributed by atoms with E-state index in [0.29, 0.717) is 11.3 Å². The van der Waals surface area contributed by atoms with Crippen LogP contribution in [0.1, 0.15) is 17.3 Å². The molecule has 0 bridgehead atoms. The molecule has 0 saturated carbocycles. The van der Waals surface area contributed by atoms with Crippen molar-refractivity contribution in [1.29, 1.82) is 0 Å². The smallest absolute Gasteiger partial charge is 0.252 e. The first-order chi connectivity index (χ1) is 7.05. The van der Waals surface area contributed by atoms with E-state index in [1.165, 1.54) is 11.3 Å². The maximum atomic E-state index is 11.5. The number of thioether (sulfide) groups is 1. The van der Waals surface area contributed by atoms with E-state index >= 15 is 0 Å². The summed E-state index contributed by atoms with van der Waals surface area (Å²) in [5.74, 6) is 0.481. The van der Waals surface area contributed by atoms with E-state index in [4.69, 9.17) is 0 Å². The maximum Gasteiger partial charge on any atom is 0.252 e. The third kappa shape index (κ3) is 4.24. The lowest BCUT2D eigenvalue weighted by atomic mass is 10.1. The molecule has 3 nitrogen and oxygen atoms in total. The van der Waals surface area contributed by atoms with Gasteiger partial charge in [-0.3, -0.25) is 4.79 Å². The van der Waals surface area contributed by atoms with Gasteiger partial charge < -0.3 is 10.4 Å². The molecule has 0 fully saturated rings. The number of hydrogen-bond donors (Lipinski definition) is 2. The van der Waals surface area contributed by atoms with Crippen LogP contribution in [0.3, 0.4) is 0 Å². The van der Waals surface area contributed by atoms with Gasteiger partial charge in [-0.25, -0.2) is 0 Å². The molecule has 1 aromatic heterocycles. The largest absolute Gasteiger partial charge is 0.387 e. The van der Waals surface area contributed by atoms with E-state index in [1.807, 2.05) is 11.6 Å². The Hall–Kier alpha value is -0.520. The molecule has 1 aromatic rings. The van der Waals surface area contributed by atoms with Crippen molar-refractivity contribution < 1.29 is 9.90 Å². The van der Waals surface area contributed by atoms with Gasteiger partial charge in [0.2, 0.25) is 0 Å². The maximum absolute atomic E-state index is 11.5. The average molecular weight is 245 g/mol. The molecule has 0 radical (unpaired) electrons. The Labute approximate surface area is 97.9 Å². The summed E-state index contributed by atoms with van der Waals surface area (Å²) in [6.45, 7) is 2.00. The summed E-state index contributed by atoms with van der Waals surface area (Å²) in [6, 6.07) is 1.77. The van der Waals surface area contributed by atoms with Gasteiger partial charge in [-0.2, -0.15) is 23.1 Å². The molecule has 15 heavy (non-hydrogen) atoms. The number of nitrogens with one attached hydrogen (secondary N) is 1. The van der Waals surface area contributed by atoms with Crippen molar-refractivity contribution in [3.63, 3.8) is 0 Å². The van der Waals surface area contributed by atoms with Gasteiger partial charge in [0, 0.05) is 23.2 Å². The number of carbonyl (C=O) groups is 1. The van der Waals surface area contributed by atoms with Crippen molar-refractivity contribution in [2.24, 2.45) is 0 Å². The van der Waals surface area contributed by atoms with Crippen LogP contribution in [-0.2, 0) is 0 Å². The highest BCUT2D eigenvalue weighted by Gasteiger charge is 2.20. The quantitative estimate of drug-likeness (QED) is 0.828. The van der Waals surface area contributed by atoms with Gasteiger partial charge in [0.1, 0.15) is 0 Å². The van der Waals surface area contributed by atoms with E-state index in [1.54, 1.807) is 30.1 Å². The van der Waals surface area contributed by atoms with Crippen molar-refractivity contribution >= 4 is 29.0 Å². The Morgan fingerprint density at radius 3 is 3.00 bits per heavy atom. The fourth-order valence-corrected chi connectivity index (χ4v) is 2.49. The highest BCUT2D eigenvalue weighted by Crippen LogP contribution is 2.10. The summed E-state index contributed by atoms with van der Waals surface area (Å²) in [4.78, 5) is 11.5. The average Bonchev–Trinajstić information content (AvgIpc) is 2.67. The summed E-state index contributed by atoms with van der Waals surface area (Å²) in [5, 5.41) is 16.2. The zero-order valence-electron chi connectivity index (χ0n) is 8.82. The second-order valence-corrected chi connectivity index (χ2v) is 5.27. The molecule has 1 rings (SSSR count). The zero-order valence-corrected chi connectivity index (χ0v) is 10.5. The second kappa shape index (κ2) is 5.53. The van der Waals surface area contributed by atoms with Crippen LogP contribution in [0.15, 0.2) is 16.8 Å². The first-order valence-electron chi connectivity index (χ1n) is 4.57. The molecule has 1 amide bonds. The molecule has 0 aliphatic heterocycles. The van der Waals surface area contributed by atoms with Gasteiger partial charge in [-0.1, -0.05) is 0 Å². The summed E-state index contributed by atoms with van der Waals surface area (Å²) in [7, 11) is 0. The number of aliphatic hydroxyl groups is 1. The molecule has 1 atom stereocenters. The van der Waals surface area contributed by atoms with Gasteiger partial charge in [0.15, 0.2) is 0 Å². The summed E-state index contributed by atoms with van der Waals surface area (Å²) in [5.41, 5.74) is -0.189. The van der Waals surface area contributed by atoms with Crippen molar-refractivity contribution in [3.05, 3.63) is 22.4 Å². The third-order valence-electron chi connectivity index (χ3n) is 1.87. The predicted molar refractivity (Wildman–Crippen MR) is 65.7 cm³/mol. The normalized spacial score (nSPS) is 14.6. The van der Waals surface area contributed by atoms with Gasteiger partial charge in [0.25, 0.3) is 5.91 Å². The van der Waals surface area contributed by atoms with Crippen LogP contribution in [0, 0.1) is 0 Å². The first-order valence-corrected chi connectivity index (χ1v) is 6.90. The zero-order chi connectivity index (χ0) is 11.3. The molecule has 2 N–H and O–H groups in total. The Morgan fingerprint density at radius 1 is 1.73 bits per heavy atom. The minimum Gasteiger partial charge on any atom is -0.387 e. The van der Waals surface area contributed by atoms with Gasteiger partial charge in [-0.05, 0) is 24.6 Å². The number of hydrogen-bond acceptors (Lipinski definition) is 4. The lowest BCUT2D eigenvalue weighted by Crippen LogP contribution is -2.42. The number of thiophene rings is 1. The van der Waals surface area contributed by atoms with Crippen LogP contribution in [-0.4, -0.2) is 35.2 Å². The summed E-state index contributed by atoms with van der Waals surface area (Å²) in [6.07, 6.45) is 1.93. The van der Waals surface area contributed by atoms with Crippen molar-refractivity contribution in [2.45, 2.75) is 12.5 Å². The van der Waals surface area contributed by atoms with Crippen LogP contribution in [0.25, 0.3) is 0 Å². The SMILES string of the molecule is CSCC(C)(O)CNC(=O)c1ccsc1. The van der Waals surface area contributed by atoms with Gasteiger partial charge in [-0.15, -0.1) is 0 Å². The van der Waals surface area contributed by atoms with E-state index in [0.717, 1.165) is 0 Å². The van der Waals surface area contributed by atoms with E-state index < -0.39 is 5.60 Å². The van der Waals surface area contributed by atoms with Crippen LogP contribution in [0.2, 0.25) is 0 Å². The van der Waals surface area contributed by atoms with Crippen LogP contribution in [0.5, 0.6) is 0 Å². The van der Waals surface area contributed by atoms with E-state index in [2.05, 4.69) is 5.32 Å². The molecular weight excluding hydrogens is 230 g/mol. The van der Waals surface area contributed by atoms with E-state index in [-0.39, 0.29) is 12.5 Å². The second-order valence-electron chi connectivity index (χ2n) is 3.62. The molecule has 0 saturated heterocycles. The fourth-order valence-electron chi connectivity index (χ4n) is 1.13. The molecule has 5 heteroatoms. The van der Waals surface area contributed by atoms with Crippen molar-refractivity contribution in [3.8, 4) is 0 Å². The predicted octanol–water partition coefficient (Wildman–Crippen LogP) is 1.59. The molecule has 0 spiro atoms. The fraction of sp³-hybridized carbons (Fsp3) is 0.500. The monoisotopic (exact) mass is 245 g/mol. The molecule has 0 aromatic carbocycles. The minimum atomic E-state index is -0.842. The van der Waals surface area contributed by atoms with Crippen LogP contribution < -0.4 is 5.32 Å². The van der Waals surface area contributed by atoms with Crippen LogP contribution >= 0.6 is 23.1 Å². The molecule has 0 aliphatic carbocycles. The van der Waals surface area contributed by atoms with Gasteiger partial charge >= 0.3 is 0 Å². The third-order valence-corrected chi connectivity index (χ3v) is 3.46. The molecule has 1 heterocycles. The first kappa shape index (κ1) is 12.5. The van der Waals surface area contributed by atoms with Crippen LogP contribution in [0.4, 0.5) is 0 Å². The Bertz CT molecular complexity index is 309. The summed E-state index contributed by atoms with van der Waals surface area (Å²) < 4.78 is 0. The lowest BCUT2D eigenvalue weighted by Gasteiger charge is -2.22. The topological polar surface area (TPSA) is 49.3 Å². The Kier molecular flexibility index (Phi) is 4.63. The Balaban J connectivity index is 2.40. The number of rotatable bonds is 5. The van der Waals surface area contributed by atoms with Gasteiger partial charge in [0.05, 0.1) is 5.60 Å². The standard InChI is InChI=1S/C10H15NO2S2/c1-10(13,7-14-2)6-11-9(12)8-3-4-15-5-8/h3-5,13H,6-7H2,1-2H3,(H,11,12). The molecule has 1 unspecified atom stereocenters. The summed E-state index contributed by atoms with van der Waals surface area (Å²) >= 11 is 3.04. The number of amides is 1. The Morgan fingerprint density at radius 2 is 2.47 bits per heavy atom. The molecule has 84 valence electrons.